The molecule has 4 fully saturated rings. The fraction of sp³-hybridized carbons (Fsp3) is 0.694. The van der Waals surface area contributed by atoms with Gasteiger partial charge in [0.05, 0.1) is 13.2 Å². The second-order valence-electron chi connectivity index (χ2n) is 19.0. The third kappa shape index (κ3) is 9.25. The average molecular weight is 739 g/mol. The second-order valence-corrected chi connectivity index (χ2v) is 19.0. The standard InChI is InChI=1S/C49H70O5/c1-34(2)11-10-12-35(3)44-24-25-45-43-23-18-38-31-41(26-28-48(38,4)46(43)27-29-49(44,45)5)54-47(50)13-8-6-7-9-30-51-39-19-14-36(15-20-39)37-16-21-40(22-17-37)52-32-42-33-53-42/h14-22,34-35,41-46H,6-13,23-33H2,1-5H3/t35-,41+,42?,43+,44-,45+,46+,48+,49-/m1/s1. The van der Waals surface area contributed by atoms with Gasteiger partial charge >= 0.3 is 5.97 Å². The van der Waals surface area contributed by atoms with Crippen LogP contribution in [0.3, 0.4) is 0 Å². The van der Waals surface area contributed by atoms with Gasteiger partial charge in [-0.25, -0.2) is 0 Å². The van der Waals surface area contributed by atoms with E-state index in [0.29, 0.717) is 30.5 Å². The maximum Gasteiger partial charge on any atom is 0.306 e. The molecule has 9 atom stereocenters. The van der Waals surface area contributed by atoms with Crippen LogP contribution in [0.15, 0.2) is 60.2 Å². The molecule has 54 heavy (non-hydrogen) atoms. The molecule has 0 amide bonds. The van der Waals surface area contributed by atoms with Gasteiger partial charge in [0.1, 0.15) is 30.3 Å². The fourth-order valence-electron chi connectivity index (χ4n) is 11.8. The number of fused-ring (bicyclic) bond motifs is 5. The van der Waals surface area contributed by atoms with Crippen LogP contribution in [-0.2, 0) is 14.3 Å². The van der Waals surface area contributed by atoms with Crippen molar-refractivity contribution in [3.05, 3.63) is 60.2 Å². The highest BCUT2D eigenvalue weighted by atomic mass is 16.6. The van der Waals surface area contributed by atoms with Crippen LogP contribution >= 0.6 is 0 Å². The number of epoxide rings is 1. The third-order valence-electron chi connectivity index (χ3n) is 15.0. The van der Waals surface area contributed by atoms with E-state index >= 15 is 0 Å². The molecule has 5 aliphatic rings. The maximum absolute atomic E-state index is 12.9. The first kappa shape index (κ1) is 39.4. The van der Waals surface area contributed by atoms with Crippen molar-refractivity contribution >= 4 is 5.97 Å². The zero-order chi connectivity index (χ0) is 37.7. The summed E-state index contributed by atoms with van der Waals surface area (Å²) in [5.41, 5.74) is 4.75. The zero-order valence-electron chi connectivity index (χ0n) is 34.3. The summed E-state index contributed by atoms with van der Waals surface area (Å²) in [5.74, 6) is 6.90. The highest BCUT2D eigenvalue weighted by molar-refractivity contribution is 5.69. The molecule has 2 aromatic rings. The van der Waals surface area contributed by atoms with Crippen molar-refractivity contribution in [2.45, 2.75) is 150 Å². The minimum Gasteiger partial charge on any atom is -0.494 e. The number of carbonyl (C=O) groups excluding carboxylic acids is 1. The van der Waals surface area contributed by atoms with Crippen LogP contribution in [-0.4, -0.2) is 38.0 Å². The Morgan fingerprint density at radius 1 is 0.796 bits per heavy atom. The average Bonchev–Trinajstić information content (AvgIpc) is 3.93. The Hall–Kier alpha value is -2.79. The van der Waals surface area contributed by atoms with E-state index in [0.717, 1.165) is 103 Å². The summed E-state index contributed by atoms with van der Waals surface area (Å²) in [6.45, 7) is 14.7. The number of allylic oxidation sites excluding steroid dienone is 1. The molecule has 5 heteroatoms. The number of ether oxygens (including phenoxy) is 4. The zero-order valence-corrected chi connectivity index (χ0v) is 34.3. The molecule has 1 aliphatic heterocycles. The molecular formula is C49H70O5. The number of benzene rings is 2. The molecule has 0 radical (unpaired) electrons. The highest BCUT2D eigenvalue weighted by Gasteiger charge is 2.59. The first-order valence-corrected chi connectivity index (χ1v) is 22.1. The first-order chi connectivity index (χ1) is 26.1. The Bertz CT molecular complexity index is 1540. The van der Waals surface area contributed by atoms with Gasteiger partial charge in [-0.05, 0) is 140 Å². The van der Waals surface area contributed by atoms with E-state index in [2.05, 4.69) is 65.0 Å². The summed E-state index contributed by atoms with van der Waals surface area (Å²) in [6, 6.07) is 16.5. The summed E-state index contributed by atoms with van der Waals surface area (Å²) in [5, 5.41) is 0. The Morgan fingerprint density at radius 2 is 1.50 bits per heavy atom. The quantitative estimate of drug-likeness (QED) is 0.0660. The molecule has 1 saturated heterocycles. The van der Waals surface area contributed by atoms with E-state index in [9.17, 15) is 4.79 Å². The van der Waals surface area contributed by atoms with E-state index in [1.165, 1.54) is 57.8 Å². The molecule has 0 spiro atoms. The van der Waals surface area contributed by atoms with Gasteiger partial charge in [0.15, 0.2) is 0 Å². The largest absolute Gasteiger partial charge is 0.494 e. The van der Waals surface area contributed by atoms with Gasteiger partial charge in [-0.2, -0.15) is 0 Å². The molecule has 1 heterocycles. The maximum atomic E-state index is 12.9. The lowest BCUT2D eigenvalue weighted by atomic mass is 9.47. The van der Waals surface area contributed by atoms with Gasteiger partial charge < -0.3 is 18.9 Å². The van der Waals surface area contributed by atoms with Gasteiger partial charge in [-0.1, -0.05) is 103 Å². The van der Waals surface area contributed by atoms with Crippen molar-refractivity contribution in [1.29, 1.82) is 0 Å². The van der Waals surface area contributed by atoms with Crippen molar-refractivity contribution in [2.75, 3.05) is 19.8 Å². The summed E-state index contributed by atoms with van der Waals surface area (Å²) < 4.78 is 23.1. The molecule has 4 aliphatic carbocycles. The number of hydrogen-bond acceptors (Lipinski definition) is 5. The van der Waals surface area contributed by atoms with Crippen LogP contribution < -0.4 is 9.47 Å². The number of unbranched alkanes of at least 4 members (excludes halogenated alkanes) is 3. The van der Waals surface area contributed by atoms with Crippen LogP contribution in [0, 0.1) is 46.3 Å². The van der Waals surface area contributed by atoms with E-state index in [1.807, 2.05) is 24.3 Å². The van der Waals surface area contributed by atoms with Crippen LogP contribution in [0.4, 0.5) is 0 Å². The molecule has 5 nitrogen and oxygen atoms in total. The van der Waals surface area contributed by atoms with Gasteiger partial charge in [0.2, 0.25) is 0 Å². The van der Waals surface area contributed by atoms with E-state index < -0.39 is 0 Å². The number of esters is 1. The number of rotatable bonds is 18. The van der Waals surface area contributed by atoms with Crippen molar-refractivity contribution in [3.63, 3.8) is 0 Å². The predicted molar refractivity (Wildman–Crippen MR) is 219 cm³/mol. The molecule has 0 bridgehead atoms. The Balaban J connectivity index is 0.784. The molecule has 2 aromatic carbocycles. The summed E-state index contributed by atoms with van der Waals surface area (Å²) in [4.78, 5) is 12.9. The molecule has 0 N–H and O–H groups in total. The Labute approximate surface area is 327 Å². The Morgan fingerprint density at radius 3 is 2.20 bits per heavy atom. The SMILES string of the molecule is CC(C)CCC[C@@H](C)[C@H]1CC[C@H]2[C@@H]3CC=C4C[C@@H](OC(=O)CCCCCCOc5ccc(-c6ccc(OCC7CO7)cc6)cc5)CC[C@]4(C)[C@H]3CC[C@]12C. The summed E-state index contributed by atoms with van der Waals surface area (Å²) in [6.07, 6.45) is 21.8. The topological polar surface area (TPSA) is 57.3 Å². The normalized spacial score (nSPS) is 31.9. The van der Waals surface area contributed by atoms with Gasteiger partial charge in [0, 0.05) is 12.8 Å². The van der Waals surface area contributed by atoms with Gasteiger partial charge in [-0.15, -0.1) is 0 Å². The first-order valence-electron chi connectivity index (χ1n) is 22.1. The van der Waals surface area contributed by atoms with Crippen molar-refractivity contribution in [1.82, 2.24) is 0 Å². The number of hydrogen-bond donors (Lipinski definition) is 0. The predicted octanol–water partition coefficient (Wildman–Crippen LogP) is 12.4. The summed E-state index contributed by atoms with van der Waals surface area (Å²) >= 11 is 0. The molecule has 296 valence electrons. The number of carbonyl (C=O) groups is 1. The van der Waals surface area contributed by atoms with Crippen LogP contribution in [0.2, 0.25) is 0 Å². The minimum atomic E-state index is -0.00260. The van der Waals surface area contributed by atoms with Gasteiger partial charge in [0.25, 0.3) is 0 Å². The lowest BCUT2D eigenvalue weighted by Crippen LogP contribution is -2.51. The summed E-state index contributed by atoms with van der Waals surface area (Å²) in [7, 11) is 0. The smallest absolute Gasteiger partial charge is 0.306 e. The van der Waals surface area contributed by atoms with Crippen LogP contribution in [0.5, 0.6) is 11.5 Å². The van der Waals surface area contributed by atoms with Crippen LogP contribution in [0.25, 0.3) is 11.1 Å². The van der Waals surface area contributed by atoms with E-state index in [-0.39, 0.29) is 18.2 Å². The monoisotopic (exact) mass is 739 g/mol. The van der Waals surface area contributed by atoms with Gasteiger partial charge in [-0.3, -0.25) is 4.79 Å². The molecule has 3 saturated carbocycles. The molecular weight excluding hydrogens is 669 g/mol. The minimum absolute atomic E-state index is 0.00260. The molecule has 0 aromatic heterocycles. The Kier molecular flexibility index (Phi) is 12.8. The lowest BCUT2D eigenvalue weighted by Gasteiger charge is -2.58. The van der Waals surface area contributed by atoms with E-state index in [4.69, 9.17) is 18.9 Å². The third-order valence-corrected chi connectivity index (χ3v) is 15.0. The molecule has 1 unspecified atom stereocenters. The highest BCUT2D eigenvalue weighted by Crippen LogP contribution is 2.67. The van der Waals surface area contributed by atoms with Crippen molar-refractivity contribution in [3.8, 4) is 22.6 Å². The van der Waals surface area contributed by atoms with E-state index in [1.54, 1.807) is 5.57 Å². The second kappa shape index (κ2) is 17.6. The fourth-order valence-corrected chi connectivity index (χ4v) is 11.8. The van der Waals surface area contributed by atoms with Crippen molar-refractivity contribution in [2.24, 2.45) is 46.3 Å². The lowest BCUT2D eigenvalue weighted by molar-refractivity contribution is -0.151. The van der Waals surface area contributed by atoms with Crippen molar-refractivity contribution < 1.29 is 23.7 Å². The van der Waals surface area contributed by atoms with Crippen LogP contribution in [0.1, 0.15) is 137 Å². The molecule has 7 rings (SSSR count).